The number of carbonyl (C=O) groups excluding carboxylic acids is 1. The monoisotopic (exact) mass is 405 g/mol. The summed E-state index contributed by atoms with van der Waals surface area (Å²) in [7, 11) is 0. The molecule has 6 nitrogen and oxygen atoms in total. The third-order valence-corrected chi connectivity index (χ3v) is 5.29. The highest BCUT2D eigenvalue weighted by Crippen LogP contribution is 2.28. The van der Waals surface area contributed by atoms with Crippen LogP contribution in [0.15, 0.2) is 58.6 Å². The van der Waals surface area contributed by atoms with Gasteiger partial charge in [0.1, 0.15) is 6.07 Å². The summed E-state index contributed by atoms with van der Waals surface area (Å²) in [5.41, 5.74) is 3.24. The number of fused-ring (bicyclic) bond motifs is 1. The van der Waals surface area contributed by atoms with Gasteiger partial charge in [-0.2, -0.15) is 10.3 Å². The molecule has 1 aliphatic rings. The normalized spacial score (nSPS) is 14.9. The number of carbonyl (C=O) groups is 1. The molecule has 0 saturated carbocycles. The summed E-state index contributed by atoms with van der Waals surface area (Å²) in [5.74, 6) is -0.322. The van der Waals surface area contributed by atoms with Gasteiger partial charge >= 0.3 is 0 Å². The van der Waals surface area contributed by atoms with Crippen LogP contribution in [0.4, 0.5) is 0 Å². The molecular weight excluding hydrogens is 394 g/mol. The molecule has 1 aliphatic heterocycles. The van der Waals surface area contributed by atoms with Crippen LogP contribution in [0.1, 0.15) is 16.8 Å². The molecule has 3 aromatic rings. The second-order valence-corrected chi connectivity index (χ2v) is 7.33. The van der Waals surface area contributed by atoms with Gasteiger partial charge in [-0.3, -0.25) is 9.78 Å². The summed E-state index contributed by atoms with van der Waals surface area (Å²) in [5, 5.41) is 13.3. The number of amides is 1. The van der Waals surface area contributed by atoms with Gasteiger partial charge in [-0.1, -0.05) is 29.8 Å². The third kappa shape index (κ3) is 3.88. The molecule has 0 atom stereocenters. The molecule has 0 bridgehead atoms. The van der Waals surface area contributed by atoms with Gasteiger partial charge in [0.15, 0.2) is 5.17 Å². The standard InChI is InChI=1S/C20H12ClN5OS/c21-15-4-2-1-3-13(15)11-24-20-26-19(27)18(28-20)8-14-5-6-16-17(25-14)7-12(9-22)10-23-16/h1-8,10H,11H2,(H,24,26,27)/b18-8+. The smallest absolute Gasteiger partial charge is 0.286 e. The summed E-state index contributed by atoms with van der Waals surface area (Å²) in [6.07, 6.45) is 3.18. The first-order valence-electron chi connectivity index (χ1n) is 8.29. The number of thioether (sulfide) groups is 1. The van der Waals surface area contributed by atoms with E-state index in [0.29, 0.717) is 43.9 Å². The number of nitrogens with one attached hydrogen (secondary N) is 1. The fourth-order valence-electron chi connectivity index (χ4n) is 2.60. The Balaban J connectivity index is 1.50. The number of halogens is 1. The Morgan fingerprint density at radius 3 is 2.89 bits per heavy atom. The van der Waals surface area contributed by atoms with Crippen molar-refractivity contribution in [3.05, 3.63) is 75.4 Å². The molecule has 0 aliphatic carbocycles. The molecule has 1 N–H and O–H groups in total. The maximum atomic E-state index is 12.2. The zero-order valence-corrected chi connectivity index (χ0v) is 16.0. The number of nitrogens with zero attached hydrogens (tertiary/aromatic N) is 4. The van der Waals surface area contributed by atoms with E-state index in [1.807, 2.05) is 30.3 Å². The zero-order valence-electron chi connectivity index (χ0n) is 14.4. The quantitative estimate of drug-likeness (QED) is 0.664. The largest absolute Gasteiger partial charge is 0.360 e. The van der Waals surface area contributed by atoms with Gasteiger partial charge in [0, 0.05) is 17.8 Å². The molecular formula is C20H12ClN5OS. The van der Waals surface area contributed by atoms with Crippen molar-refractivity contribution in [3.63, 3.8) is 0 Å². The van der Waals surface area contributed by atoms with E-state index in [1.54, 1.807) is 24.3 Å². The summed E-state index contributed by atoms with van der Waals surface area (Å²) in [4.78, 5) is 25.4. The van der Waals surface area contributed by atoms with Crippen molar-refractivity contribution in [2.24, 2.45) is 4.99 Å². The van der Waals surface area contributed by atoms with E-state index in [2.05, 4.69) is 20.3 Å². The second kappa shape index (κ2) is 7.80. The maximum absolute atomic E-state index is 12.2. The number of aliphatic imine (C=N–C) groups is 1. The van der Waals surface area contributed by atoms with Crippen LogP contribution in [0.5, 0.6) is 0 Å². The summed E-state index contributed by atoms with van der Waals surface area (Å²) in [6.45, 7) is 0.475. The molecule has 0 saturated heterocycles. The highest BCUT2D eigenvalue weighted by molar-refractivity contribution is 8.18. The first-order valence-corrected chi connectivity index (χ1v) is 9.48. The molecule has 4 rings (SSSR count). The van der Waals surface area contributed by atoms with Crippen LogP contribution in [-0.4, -0.2) is 21.0 Å². The molecule has 2 aromatic heterocycles. The van der Waals surface area contributed by atoms with Crippen molar-refractivity contribution < 1.29 is 4.79 Å². The number of hydrogen-bond acceptors (Lipinski definition) is 6. The fraction of sp³-hybridized carbons (Fsp3) is 0.0500. The van der Waals surface area contributed by atoms with E-state index in [4.69, 9.17) is 16.9 Å². The Labute approximate surface area is 170 Å². The fourth-order valence-corrected chi connectivity index (χ4v) is 3.59. The summed E-state index contributed by atoms with van der Waals surface area (Å²) in [6, 6.07) is 14.8. The molecule has 0 unspecified atom stereocenters. The van der Waals surface area contributed by atoms with Gasteiger partial charge < -0.3 is 5.32 Å². The van der Waals surface area contributed by atoms with Crippen molar-refractivity contribution in [1.82, 2.24) is 15.3 Å². The molecule has 8 heteroatoms. The molecule has 1 aromatic carbocycles. The maximum Gasteiger partial charge on any atom is 0.286 e. The van der Waals surface area contributed by atoms with Crippen LogP contribution < -0.4 is 5.32 Å². The summed E-state index contributed by atoms with van der Waals surface area (Å²) >= 11 is 7.40. The second-order valence-electron chi connectivity index (χ2n) is 5.89. The highest BCUT2D eigenvalue weighted by atomic mass is 35.5. The number of hydrogen-bond donors (Lipinski definition) is 1. The number of aromatic nitrogens is 2. The van der Waals surface area contributed by atoms with Crippen molar-refractivity contribution >= 4 is 51.5 Å². The molecule has 0 fully saturated rings. The number of amidine groups is 1. The first kappa shape index (κ1) is 18.2. The van der Waals surface area contributed by atoms with Crippen LogP contribution >= 0.6 is 23.4 Å². The predicted molar refractivity (Wildman–Crippen MR) is 111 cm³/mol. The lowest BCUT2D eigenvalue weighted by Crippen LogP contribution is -2.18. The van der Waals surface area contributed by atoms with Crippen molar-refractivity contribution in [2.75, 3.05) is 0 Å². The van der Waals surface area contributed by atoms with Crippen LogP contribution in [0.2, 0.25) is 5.02 Å². The predicted octanol–water partition coefficient (Wildman–Crippen LogP) is 3.91. The lowest BCUT2D eigenvalue weighted by molar-refractivity contribution is -0.113. The van der Waals surface area contributed by atoms with E-state index >= 15 is 0 Å². The van der Waals surface area contributed by atoms with Gasteiger partial charge in [-0.05, 0) is 47.7 Å². The minimum atomic E-state index is -0.322. The Kier molecular flexibility index (Phi) is 5.06. The van der Waals surface area contributed by atoms with Gasteiger partial charge in [-0.25, -0.2) is 4.98 Å². The molecule has 0 spiro atoms. The number of nitriles is 1. The Morgan fingerprint density at radius 2 is 2.07 bits per heavy atom. The zero-order chi connectivity index (χ0) is 19.5. The average molecular weight is 406 g/mol. The van der Waals surface area contributed by atoms with Crippen LogP contribution in [0, 0.1) is 11.3 Å². The van der Waals surface area contributed by atoms with Gasteiger partial charge in [0.25, 0.3) is 5.91 Å². The number of rotatable bonds is 3. The Bertz CT molecular complexity index is 1200. The van der Waals surface area contributed by atoms with E-state index in [-0.39, 0.29) is 5.91 Å². The first-order chi connectivity index (χ1) is 13.6. The topological polar surface area (TPSA) is 91.0 Å². The highest BCUT2D eigenvalue weighted by Gasteiger charge is 2.22. The Morgan fingerprint density at radius 1 is 1.21 bits per heavy atom. The van der Waals surface area contributed by atoms with Crippen LogP contribution in [0.3, 0.4) is 0 Å². The van der Waals surface area contributed by atoms with Gasteiger partial charge in [-0.15, -0.1) is 0 Å². The molecule has 0 radical (unpaired) electrons. The molecule has 28 heavy (non-hydrogen) atoms. The average Bonchev–Trinajstić information content (AvgIpc) is 3.06. The van der Waals surface area contributed by atoms with E-state index in [1.165, 1.54) is 18.0 Å². The third-order valence-electron chi connectivity index (χ3n) is 3.98. The lowest BCUT2D eigenvalue weighted by Gasteiger charge is -2.06. The van der Waals surface area contributed by atoms with E-state index < -0.39 is 0 Å². The van der Waals surface area contributed by atoms with Gasteiger partial charge in [0.05, 0.1) is 27.2 Å². The van der Waals surface area contributed by atoms with Crippen LogP contribution in [-0.2, 0) is 11.3 Å². The van der Waals surface area contributed by atoms with E-state index in [9.17, 15) is 4.79 Å². The van der Waals surface area contributed by atoms with Gasteiger partial charge in [0.2, 0.25) is 0 Å². The SMILES string of the molecule is N#Cc1cnc2ccc(/C=C3/SC(NCc4ccccc4Cl)=NC3=O)nc2c1. The number of pyridine rings is 2. The minimum Gasteiger partial charge on any atom is -0.360 e. The number of benzene rings is 1. The molecule has 3 heterocycles. The lowest BCUT2D eigenvalue weighted by atomic mass is 10.2. The van der Waals surface area contributed by atoms with Crippen molar-refractivity contribution in [3.8, 4) is 6.07 Å². The van der Waals surface area contributed by atoms with Crippen molar-refractivity contribution in [2.45, 2.75) is 6.54 Å². The van der Waals surface area contributed by atoms with E-state index in [0.717, 1.165) is 5.56 Å². The van der Waals surface area contributed by atoms with Crippen LogP contribution in [0.25, 0.3) is 17.1 Å². The summed E-state index contributed by atoms with van der Waals surface area (Å²) < 4.78 is 0. The molecule has 1 amide bonds. The Hall–Kier alpha value is -3.21. The molecule has 136 valence electrons. The van der Waals surface area contributed by atoms with Crippen molar-refractivity contribution in [1.29, 1.82) is 5.26 Å². The minimum absolute atomic E-state index is 0.322.